The first kappa shape index (κ1) is 25.4. The number of methoxy groups -OCH3 is 3. The summed E-state index contributed by atoms with van der Waals surface area (Å²) in [5, 5.41) is 0. The van der Waals surface area contributed by atoms with E-state index in [1.165, 1.54) is 30.7 Å². The van der Waals surface area contributed by atoms with E-state index in [2.05, 4.69) is 0 Å². The summed E-state index contributed by atoms with van der Waals surface area (Å²) in [5.41, 5.74) is 0.722. The summed E-state index contributed by atoms with van der Waals surface area (Å²) < 4.78 is 43.7. The topological polar surface area (TPSA) is 82.1 Å². The zero-order chi connectivity index (χ0) is 24.2. The van der Waals surface area contributed by atoms with Crippen LogP contribution in [-0.2, 0) is 25.3 Å². The maximum Gasteiger partial charge on any atom is 0.324 e. The Morgan fingerprint density at radius 2 is 1.55 bits per heavy atom. The van der Waals surface area contributed by atoms with Gasteiger partial charge >= 0.3 is 5.97 Å². The Hall–Kier alpha value is -2.23. The standard InChI is InChI=1S/C24H31NO6S2/c1-24(2)16-25(33(27,28)20-12-10-19(30-4)11-13-20)22(23(26)31-5)21(24)15-32-14-17-6-8-18(29-3)9-7-17/h6-13,21-22H,14-16H2,1-5H3/t21-,22+/m0/s1. The Morgan fingerprint density at radius 1 is 1.00 bits per heavy atom. The van der Waals surface area contributed by atoms with Crippen LogP contribution in [0, 0.1) is 11.3 Å². The van der Waals surface area contributed by atoms with Gasteiger partial charge in [-0.05, 0) is 53.1 Å². The fourth-order valence-electron chi connectivity index (χ4n) is 4.11. The van der Waals surface area contributed by atoms with E-state index in [-0.39, 0.29) is 17.4 Å². The molecule has 0 aromatic heterocycles. The summed E-state index contributed by atoms with van der Waals surface area (Å²) in [6.07, 6.45) is 0. The van der Waals surface area contributed by atoms with Crippen LogP contribution in [0.25, 0.3) is 0 Å². The third-order valence-corrected chi connectivity index (χ3v) is 9.07. The highest BCUT2D eigenvalue weighted by molar-refractivity contribution is 7.98. The lowest BCUT2D eigenvalue weighted by Crippen LogP contribution is -2.44. The summed E-state index contributed by atoms with van der Waals surface area (Å²) in [4.78, 5) is 13.0. The Morgan fingerprint density at radius 3 is 2.06 bits per heavy atom. The highest BCUT2D eigenvalue weighted by Crippen LogP contribution is 2.45. The average Bonchev–Trinajstić information content (AvgIpc) is 3.10. The van der Waals surface area contributed by atoms with Crippen molar-refractivity contribution in [2.75, 3.05) is 33.6 Å². The van der Waals surface area contributed by atoms with Gasteiger partial charge < -0.3 is 14.2 Å². The van der Waals surface area contributed by atoms with Crippen molar-refractivity contribution in [2.24, 2.45) is 11.3 Å². The Labute approximate surface area is 200 Å². The van der Waals surface area contributed by atoms with Crippen molar-refractivity contribution in [2.45, 2.75) is 30.5 Å². The van der Waals surface area contributed by atoms with Crippen LogP contribution in [0.5, 0.6) is 11.5 Å². The molecule has 0 amide bonds. The van der Waals surface area contributed by atoms with Crippen molar-refractivity contribution in [1.82, 2.24) is 4.31 Å². The van der Waals surface area contributed by atoms with Gasteiger partial charge in [-0.2, -0.15) is 16.1 Å². The largest absolute Gasteiger partial charge is 0.497 e. The fourth-order valence-corrected chi connectivity index (χ4v) is 7.33. The van der Waals surface area contributed by atoms with Gasteiger partial charge in [0.05, 0.1) is 26.2 Å². The van der Waals surface area contributed by atoms with Crippen LogP contribution in [0.4, 0.5) is 0 Å². The third-order valence-electron chi connectivity index (χ3n) is 6.09. The third kappa shape index (κ3) is 5.47. The van der Waals surface area contributed by atoms with Crippen molar-refractivity contribution in [1.29, 1.82) is 0 Å². The highest BCUT2D eigenvalue weighted by Gasteiger charge is 2.54. The molecule has 2 atom stereocenters. The van der Waals surface area contributed by atoms with Crippen molar-refractivity contribution >= 4 is 27.8 Å². The number of carbonyl (C=O) groups is 1. The van der Waals surface area contributed by atoms with Gasteiger partial charge in [0.25, 0.3) is 0 Å². The van der Waals surface area contributed by atoms with Crippen LogP contribution in [0.1, 0.15) is 19.4 Å². The molecule has 0 saturated carbocycles. The van der Waals surface area contributed by atoms with E-state index in [1.807, 2.05) is 38.1 Å². The van der Waals surface area contributed by atoms with E-state index in [9.17, 15) is 13.2 Å². The fraction of sp³-hybridized carbons (Fsp3) is 0.458. The lowest BCUT2D eigenvalue weighted by Gasteiger charge is -2.28. The predicted molar refractivity (Wildman–Crippen MR) is 129 cm³/mol. The van der Waals surface area contributed by atoms with E-state index >= 15 is 0 Å². The summed E-state index contributed by atoms with van der Waals surface area (Å²) >= 11 is 1.68. The predicted octanol–water partition coefficient (Wildman–Crippen LogP) is 3.83. The number of thioether (sulfide) groups is 1. The number of hydrogen-bond acceptors (Lipinski definition) is 7. The molecule has 180 valence electrons. The number of rotatable bonds is 9. The minimum Gasteiger partial charge on any atom is -0.497 e. The second kappa shape index (κ2) is 10.4. The van der Waals surface area contributed by atoms with E-state index in [0.717, 1.165) is 17.1 Å². The lowest BCUT2D eigenvalue weighted by molar-refractivity contribution is -0.145. The maximum atomic E-state index is 13.5. The molecule has 0 radical (unpaired) electrons. The molecule has 1 aliphatic rings. The van der Waals surface area contributed by atoms with Crippen molar-refractivity contribution in [3.8, 4) is 11.5 Å². The molecule has 0 spiro atoms. The van der Waals surface area contributed by atoms with Crippen molar-refractivity contribution < 1.29 is 27.4 Å². The number of esters is 1. The Bertz CT molecular complexity index is 1050. The number of nitrogens with zero attached hydrogens (tertiary/aromatic N) is 1. The van der Waals surface area contributed by atoms with Gasteiger partial charge in [0.2, 0.25) is 10.0 Å². The van der Waals surface area contributed by atoms with Gasteiger partial charge in [-0.15, -0.1) is 0 Å². The molecule has 1 heterocycles. The minimum absolute atomic E-state index is 0.125. The molecular weight excluding hydrogens is 462 g/mol. The van der Waals surface area contributed by atoms with Crippen LogP contribution >= 0.6 is 11.8 Å². The first-order chi connectivity index (χ1) is 15.6. The zero-order valence-electron chi connectivity index (χ0n) is 19.6. The van der Waals surface area contributed by atoms with Gasteiger partial charge in [-0.25, -0.2) is 8.42 Å². The molecule has 2 aromatic carbocycles. The van der Waals surface area contributed by atoms with Crippen LogP contribution < -0.4 is 9.47 Å². The minimum atomic E-state index is -3.90. The smallest absolute Gasteiger partial charge is 0.324 e. The normalized spacial score (nSPS) is 20.4. The number of carbonyl (C=O) groups excluding carboxylic acids is 1. The Balaban J connectivity index is 1.82. The number of hydrogen-bond donors (Lipinski definition) is 0. The molecule has 1 aliphatic heterocycles. The second-order valence-corrected chi connectivity index (χ2v) is 11.6. The zero-order valence-corrected chi connectivity index (χ0v) is 21.2. The van der Waals surface area contributed by atoms with Gasteiger partial charge in [-0.3, -0.25) is 4.79 Å². The first-order valence-corrected chi connectivity index (χ1v) is 13.2. The van der Waals surface area contributed by atoms with E-state index in [4.69, 9.17) is 14.2 Å². The van der Waals surface area contributed by atoms with Crippen molar-refractivity contribution in [3.05, 3.63) is 54.1 Å². The molecule has 0 unspecified atom stereocenters. The molecule has 1 fully saturated rings. The molecule has 0 bridgehead atoms. The molecule has 9 heteroatoms. The summed E-state index contributed by atoms with van der Waals surface area (Å²) in [6, 6.07) is 13.1. The Kier molecular flexibility index (Phi) is 7.97. The molecule has 0 aliphatic carbocycles. The average molecular weight is 494 g/mol. The van der Waals surface area contributed by atoms with Crippen LogP contribution in [0.2, 0.25) is 0 Å². The summed E-state index contributed by atoms with van der Waals surface area (Å²) in [6.45, 7) is 4.24. The van der Waals surface area contributed by atoms with Gasteiger partial charge in [-0.1, -0.05) is 26.0 Å². The van der Waals surface area contributed by atoms with Gasteiger partial charge in [0, 0.05) is 18.2 Å². The van der Waals surface area contributed by atoms with Crippen LogP contribution in [-0.4, -0.2) is 58.4 Å². The monoisotopic (exact) mass is 493 g/mol. The van der Waals surface area contributed by atoms with Crippen LogP contribution in [0.15, 0.2) is 53.4 Å². The molecule has 1 saturated heterocycles. The molecule has 3 rings (SSSR count). The quantitative estimate of drug-likeness (QED) is 0.491. The molecule has 0 N–H and O–H groups in total. The van der Waals surface area contributed by atoms with Crippen LogP contribution in [0.3, 0.4) is 0 Å². The number of sulfonamides is 1. The van der Waals surface area contributed by atoms with E-state index < -0.39 is 27.4 Å². The summed E-state index contributed by atoms with van der Waals surface area (Å²) in [7, 11) is 0.547. The van der Waals surface area contributed by atoms with E-state index in [1.54, 1.807) is 31.0 Å². The summed E-state index contributed by atoms with van der Waals surface area (Å²) in [5.74, 6) is 1.98. The molecule has 2 aromatic rings. The molecular formula is C24H31NO6S2. The van der Waals surface area contributed by atoms with Crippen molar-refractivity contribution in [3.63, 3.8) is 0 Å². The SMILES string of the molecule is COC(=O)[C@H]1[C@H](CSCc2ccc(OC)cc2)C(C)(C)CN1S(=O)(=O)c1ccc(OC)cc1. The number of benzene rings is 2. The first-order valence-electron chi connectivity index (χ1n) is 10.6. The molecule has 7 nitrogen and oxygen atoms in total. The maximum absolute atomic E-state index is 13.5. The highest BCUT2D eigenvalue weighted by atomic mass is 32.2. The van der Waals surface area contributed by atoms with Gasteiger partial charge in [0.15, 0.2) is 0 Å². The second-order valence-electron chi connectivity index (χ2n) is 8.65. The molecule has 33 heavy (non-hydrogen) atoms. The van der Waals surface area contributed by atoms with E-state index in [0.29, 0.717) is 11.5 Å². The lowest BCUT2D eigenvalue weighted by atomic mass is 9.80. The van der Waals surface area contributed by atoms with Gasteiger partial charge in [0.1, 0.15) is 17.5 Å². The number of ether oxygens (including phenoxy) is 3.